The van der Waals surface area contributed by atoms with Gasteiger partial charge in [0, 0.05) is 13.7 Å². The molecule has 2 N–H and O–H groups in total. The largest absolute Gasteiger partial charge is 0.383 e. The molecule has 0 spiro atoms. The second-order valence-electron chi connectivity index (χ2n) is 1.87. The number of carbonyl (C=O) groups excluding carboxylic acids is 1. The summed E-state index contributed by atoms with van der Waals surface area (Å²) in [5.41, 5.74) is 0. The highest BCUT2D eigenvalue weighted by molar-refractivity contribution is 5.77. The Morgan fingerprint density at radius 3 is 2.42 bits per heavy atom. The maximum absolute atomic E-state index is 10.7. The normalized spacial score (nSPS) is 8.33. The summed E-state index contributed by atoms with van der Waals surface area (Å²) in [7, 11) is 3.33. The van der Waals surface area contributed by atoms with Gasteiger partial charge in [0.1, 0.15) is 0 Å². The van der Waals surface area contributed by atoms with E-state index in [0.29, 0.717) is 19.7 Å². The van der Waals surface area contributed by atoms with Crippen molar-refractivity contribution in [3.8, 4) is 0 Å². The van der Waals surface area contributed by atoms with Crippen LogP contribution in [0, 0.1) is 0 Å². The number of rotatable bonds is 5. The third-order valence-electron chi connectivity index (χ3n) is 0.966. The minimum absolute atomic E-state index is 0.000417. The van der Waals surface area contributed by atoms with Crippen LogP contribution >= 0.6 is 0 Å². The summed E-state index contributed by atoms with van der Waals surface area (Å²) < 4.78 is 4.74. The first-order valence-electron chi connectivity index (χ1n) is 4.21. The van der Waals surface area contributed by atoms with Crippen LogP contribution in [0.3, 0.4) is 0 Å². The predicted molar refractivity (Wildman–Crippen MR) is 50.2 cm³/mol. The SMILES string of the molecule is CC.CNCC(=O)NCCOC. The van der Waals surface area contributed by atoms with Gasteiger partial charge < -0.3 is 15.4 Å². The van der Waals surface area contributed by atoms with Crippen molar-refractivity contribution in [1.82, 2.24) is 10.6 Å². The number of amides is 1. The van der Waals surface area contributed by atoms with Gasteiger partial charge in [-0.3, -0.25) is 4.79 Å². The van der Waals surface area contributed by atoms with Crippen molar-refractivity contribution in [1.29, 1.82) is 0 Å². The molecule has 0 aliphatic heterocycles. The molecule has 0 radical (unpaired) electrons. The summed E-state index contributed by atoms with van der Waals surface area (Å²) in [6.07, 6.45) is 0. The molecule has 0 aromatic carbocycles. The Kier molecular flexibility index (Phi) is 15.1. The van der Waals surface area contributed by atoms with Gasteiger partial charge in [0.2, 0.25) is 5.91 Å². The van der Waals surface area contributed by atoms with Crippen LogP contribution < -0.4 is 10.6 Å². The molecule has 74 valence electrons. The van der Waals surface area contributed by atoms with E-state index in [1.807, 2.05) is 13.8 Å². The number of hydrogen-bond acceptors (Lipinski definition) is 3. The highest BCUT2D eigenvalue weighted by Gasteiger charge is 1.94. The summed E-state index contributed by atoms with van der Waals surface area (Å²) in [5, 5.41) is 5.40. The minimum atomic E-state index is -0.000417. The van der Waals surface area contributed by atoms with E-state index >= 15 is 0 Å². The predicted octanol–water partition coefficient (Wildman–Crippen LogP) is -0.00540. The van der Waals surface area contributed by atoms with Gasteiger partial charge in [-0.25, -0.2) is 0 Å². The standard InChI is InChI=1S/C6H14N2O2.C2H6/c1-7-5-6(9)8-3-4-10-2;1-2/h7H,3-5H2,1-2H3,(H,8,9);1-2H3. The summed E-state index contributed by atoms with van der Waals surface area (Å²) in [5.74, 6) is -0.000417. The van der Waals surface area contributed by atoms with E-state index in [2.05, 4.69) is 10.6 Å². The van der Waals surface area contributed by atoms with E-state index < -0.39 is 0 Å². The van der Waals surface area contributed by atoms with Crippen LogP contribution in [0.4, 0.5) is 0 Å². The molecule has 1 amide bonds. The van der Waals surface area contributed by atoms with Crippen molar-refractivity contribution in [3.05, 3.63) is 0 Å². The lowest BCUT2D eigenvalue weighted by Gasteiger charge is -2.02. The molecule has 0 aliphatic carbocycles. The molecule has 0 saturated carbocycles. The molecule has 0 aromatic rings. The van der Waals surface area contributed by atoms with E-state index in [4.69, 9.17) is 4.74 Å². The number of ether oxygens (including phenoxy) is 1. The van der Waals surface area contributed by atoms with Crippen LogP contribution in [-0.4, -0.2) is 39.8 Å². The zero-order valence-corrected chi connectivity index (χ0v) is 8.44. The fourth-order valence-electron chi connectivity index (χ4n) is 0.516. The second-order valence-corrected chi connectivity index (χ2v) is 1.87. The van der Waals surface area contributed by atoms with Crippen LogP contribution in [-0.2, 0) is 9.53 Å². The van der Waals surface area contributed by atoms with Crippen molar-refractivity contribution in [2.24, 2.45) is 0 Å². The molecular formula is C8H20N2O2. The fourth-order valence-corrected chi connectivity index (χ4v) is 0.516. The molecule has 0 fully saturated rings. The van der Waals surface area contributed by atoms with Crippen LogP contribution in [0.1, 0.15) is 13.8 Å². The van der Waals surface area contributed by atoms with Gasteiger partial charge in [0.25, 0.3) is 0 Å². The quantitative estimate of drug-likeness (QED) is 0.579. The van der Waals surface area contributed by atoms with E-state index in [9.17, 15) is 4.79 Å². The average molecular weight is 176 g/mol. The molecule has 0 bridgehead atoms. The number of likely N-dealkylation sites (N-methyl/N-ethyl adjacent to an activating group) is 1. The van der Waals surface area contributed by atoms with E-state index in [1.165, 1.54) is 0 Å². The topological polar surface area (TPSA) is 50.4 Å². The Morgan fingerprint density at radius 1 is 1.42 bits per heavy atom. The van der Waals surface area contributed by atoms with Gasteiger partial charge >= 0.3 is 0 Å². The Labute approximate surface area is 74.7 Å². The van der Waals surface area contributed by atoms with Crippen molar-refractivity contribution in [2.45, 2.75) is 13.8 Å². The van der Waals surface area contributed by atoms with Crippen molar-refractivity contribution in [3.63, 3.8) is 0 Å². The Bertz CT molecular complexity index is 97.1. The zero-order valence-electron chi connectivity index (χ0n) is 8.44. The van der Waals surface area contributed by atoms with Crippen molar-refractivity contribution >= 4 is 5.91 Å². The summed E-state index contributed by atoms with van der Waals surface area (Å²) in [6.45, 7) is 5.51. The van der Waals surface area contributed by atoms with Crippen LogP contribution in [0.2, 0.25) is 0 Å². The van der Waals surface area contributed by atoms with E-state index in [0.717, 1.165) is 0 Å². The van der Waals surface area contributed by atoms with Gasteiger partial charge in [0.15, 0.2) is 0 Å². The maximum Gasteiger partial charge on any atom is 0.234 e. The molecule has 4 heteroatoms. The third kappa shape index (κ3) is 12.1. The van der Waals surface area contributed by atoms with Crippen molar-refractivity contribution < 1.29 is 9.53 Å². The lowest BCUT2D eigenvalue weighted by atomic mass is 10.5. The number of methoxy groups -OCH3 is 1. The van der Waals surface area contributed by atoms with Crippen LogP contribution in [0.5, 0.6) is 0 Å². The van der Waals surface area contributed by atoms with Gasteiger partial charge in [0.05, 0.1) is 13.2 Å². The van der Waals surface area contributed by atoms with E-state index in [-0.39, 0.29) is 5.91 Å². The third-order valence-corrected chi connectivity index (χ3v) is 0.966. The molecule has 4 nitrogen and oxygen atoms in total. The molecule has 0 aliphatic rings. The molecule has 0 heterocycles. The highest BCUT2D eigenvalue weighted by Crippen LogP contribution is 1.65. The molecule has 0 aromatic heterocycles. The maximum atomic E-state index is 10.7. The smallest absolute Gasteiger partial charge is 0.234 e. The first kappa shape index (κ1) is 13.9. The molecule has 0 saturated heterocycles. The zero-order chi connectivity index (χ0) is 9.82. The van der Waals surface area contributed by atoms with Crippen LogP contribution in [0.15, 0.2) is 0 Å². The second kappa shape index (κ2) is 13.0. The summed E-state index contributed by atoms with van der Waals surface area (Å²) >= 11 is 0. The minimum Gasteiger partial charge on any atom is -0.383 e. The lowest BCUT2D eigenvalue weighted by molar-refractivity contribution is -0.120. The first-order valence-corrected chi connectivity index (χ1v) is 4.21. The van der Waals surface area contributed by atoms with Gasteiger partial charge in [-0.1, -0.05) is 13.8 Å². The summed E-state index contributed by atoms with van der Waals surface area (Å²) in [6, 6.07) is 0. The van der Waals surface area contributed by atoms with Gasteiger partial charge in [-0.2, -0.15) is 0 Å². The van der Waals surface area contributed by atoms with Crippen molar-refractivity contribution in [2.75, 3.05) is 33.9 Å². The van der Waals surface area contributed by atoms with Crippen LogP contribution in [0.25, 0.3) is 0 Å². The Morgan fingerprint density at radius 2 is 2.00 bits per heavy atom. The molecular weight excluding hydrogens is 156 g/mol. The number of nitrogens with one attached hydrogen (secondary N) is 2. The molecule has 0 unspecified atom stereocenters. The highest BCUT2D eigenvalue weighted by atomic mass is 16.5. The molecule has 0 rings (SSSR count). The molecule has 12 heavy (non-hydrogen) atoms. The van der Waals surface area contributed by atoms with Gasteiger partial charge in [-0.15, -0.1) is 0 Å². The molecule has 0 atom stereocenters. The fraction of sp³-hybridized carbons (Fsp3) is 0.875. The summed E-state index contributed by atoms with van der Waals surface area (Å²) in [4.78, 5) is 10.7. The number of hydrogen-bond donors (Lipinski definition) is 2. The first-order chi connectivity index (χ1) is 5.81. The lowest BCUT2D eigenvalue weighted by Crippen LogP contribution is -2.34. The van der Waals surface area contributed by atoms with Gasteiger partial charge in [-0.05, 0) is 7.05 Å². The average Bonchev–Trinajstić information content (AvgIpc) is 2.09. The van der Waals surface area contributed by atoms with E-state index in [1.54, 1.807) is 14.2 Å². The number of carbonyl (C=O) groups is 1. The Hall–Kier alpha value is -0.610. The Balaban J connectivity index is 0. The monoisotopic (exact) mass is 176 g/mol.